The van der Waals surface area contributed by atoms with Crippen LogP contribution in [0.3, 0.4) is 0 Å². The summed E-state index contributed by atoms with van der Waals surface area (Å²) < 4.78 is 11.1. The molecule has 200 valence electrons. The van der Waals surface area contributed by atoms with Crippen LogP contribution in [0.4, 0.5) is 16.2 Å². The molecule has 4 rings (SSSR count). The van der Waals surface area contributed by atoms with E-state index in [1.54, 1.807) is 30.3 Å². The number of urea groups is 1. The topological polar surface area (TPSA) is 114 Å². The predicted molar refractivity (Wildman–Crippen MR) is 148 cm³/mol. The number of nitrogens with one attached hydrogen (secondary N) is 2. The summed E-state index contributed by atoms with van der Waals surface area (Å²) in [5, 5.41) is 5.66. The Hall–Kier alpha value is -4.34. The fourth-order valence-electron chi connectivity index (χ4n) is 3.68. The fourth-order valence-corrected chi connectivity index (χ4v) is 4.04. The molecule has 5 amide bonds. The van der Waals surface area contributed by atoms with Gasteiger partial charge in [-0.15, -0.1) is 0 Å². The van der Waals surface area contributed by atoms with Crippen LogP contribution < -0.4 is 25.0 Å². The first-order valence-electron chi connectivity index (χ1n) is 11.8. The van der Waals surface area contributed by atoms with E-state index in [-0.39, 0.29) is 29.2 Å². The number of benzene rings is 3. The summed E-state index contributed by atoms with van der Waals surface area (Å²) in [6, 6.07) is 15.0. The van der Waals surface area contributed by atoms with Gasteiger partial charge in [0.2, 0.25) is 0 Å². The molecule has 0 unspecified atom stereocenters. The Kier molecular flexibility index (Phi) is 8.53. The zero-order valence-electron chi connectivity index (χ0n) is 20.9. The van der Waals surface area contributed by atoms with Crippen molar-refractivity contribution in [3.63, 3.8) is 0 Å². The van der Waals surface area contributed by atoms with Gasteiger partial charge in [0.1, 0.15) is 17.1 Å². The number of carbonyl (C=O) groups excluding carboxylic acids is 4. The van der Waals surface area contributed by atoms with E-state index >= 15 is 0 Å². The van der Waals surface area contributed by atoms with Crippen molar-refractivity contribution in [3.05, 3.63) is 87.4 Å². The monoisotopic (exact) mass is 567 g/mol. The van der Waals surface area contributed by atoms with Gasteiger partial charge in [0.05, 0.1) is 12.3 Å². The number of nitrogens with zero attached hydrogens (tertiary/aromatic N) is 1. The third kappa shape index (κ3) is 6.57. The van der Waals surface area contributed by atoms with E-state index in [9.17, 15) is 19.2 Å². The van der Waals surface area contributed by atoms with E-state index in [1.807, 2.05) is 13.8 Å². The van der Waals surface area contributed by atoms with E-state index in [0.29, 0.717) is 28.1 Å². The van der Waals surface area contributed by atoms with Gasteiger partial charge in [0.15, 0.2) is 6.61 Å². The van der Waals surface area contributed by atoms with Crippen molar-refractivity contribution in [3.8, 4) is 11.5 Å². The van der Waals surface area contributed by atoms with Crippen LogP contribution >= 0.6 is 23.2 Å². The molecular weight excluding hydrogens is 545 g/mol. The normalized spacial score (nSPS) is 14.3. The van der Waals surface area contributed by atoms with Gasteiger partial charge in [0, 0.05) is 21.3 Å². The Balaban J connectivity index is 1.56. The molecule has 1 aliphatic heterocycles. The van der Waals surface area contributed by atoms with Crippen LogP contribution in [0.1, 0.15) is 18.1 Å². The average Bonchev–Trinajstić information content (AvgIpc) is 2.89. The third-order valence-corrected chi connectivity index (χ3v) is 6.24. The number of halogens is 2. The Bertz CT molecular complexity index is 1490. The Morgan fingerprint density at radius 1 is 1.00 bits per heavy atom. The first-order chi connectivity index (χ1) is 18.7. The second-order valence-corrected chi connectivity index (χ2v) is 9.21. The van der Waals surface area contributed by atoms with Gasteiger partial charge in [0.25, 0.3) is 17.7 Å². The lowest BCUT2D eigenvalue weighted by Crippen LogP contribution is -2.54. The van der Waals surface area contributed by atoms with Crippen molar-refractivity contribution in [2.24, 2.45) is 0 Å². The lowest BCUT2D eigenvalue weighted by molar-refractivity contribution is -0.122. The van der Waals surface area contributed by atoms with Crippen LogP contribution in [0.5, 0.6) is 11.5 Å². The Morgan fingerprint density at radius 3 is 2.44 bits per heavy atom. The standard InChI is InChI=1S/C28H23Cl2N3O6/c1-3-38-21-9-7-20(8-10-21)33-27(36)22(26(35)32-28(33)37)13-17-12-18(29)5-11-24(17)39-15-25(34)31-19-6-4-16(2)23(30)14-19/h4-14H,3,15H2,1-2H3,(H,31,34)(H,32,35,37)/b22-13+. The van der Waals surface area contributed by atoms with Gasteiger partial charge in [-0.2, -0.15) is 0 Å². The maximum atomic E-state index is 13.3. The number of aryl methyl sites for hydroxylation is 1. The minimum absolute atomic E-state index is 0.189. The molecule has 1 aliphatic rings. The summed E-state index contributed by atoms with van der Waals surface area (Å²) in [4.78, 5) is 51.7. The van der Waals surface area contributed by atoms with E-state index in [0.717, 1.165) is 10.5 Å². The van der Waals surface area contributed by atoms with E-state index in [1.165, 1.54) is 36.4 Å². The summed E-state index contributed by atoms with van der Waals surface area (Å²) in [5.74, 6) is -1.43. The molecule has 0 spiro atoms. The highest BCUT2D eigenvalue weighted by molar-refractivity contribution is 6.39. The number of carbonyl (C=O) groups is 4. The molecule has 1 saturated heterocycles. The summed E-state index contributed by atoms with van der Waals surface area (Å²) in [5.41, 5.74) is 1.55. The minimum atomic E-state index is -0.887. The van der Waals surface area contributed by atoms with Crippen molar-refractivity contribution in [1.29, 1.82) is 0 Å². The second kappa shape index (κ2) is 12.0. The number of hydrogen-bond acceptors (Lipinski definition) is 6. The molecule has 1 fully saturated rings. The van der Waals surface area contributed by atoms with Gasteiger partial charge < -0.3 is 14.8 Å². The Labute approximate surface area is 234 Å². The smallest absolute Gasteiger partial charge is 0.335 e. The third-order valence-electron chi connectivity index (χ3n) is 5.59. The minimum Gasteiger partial charge on any atom is -0.494 e. The average molecular weight is 568 g/mol. The molecule has 3 aromatic rings. The SMILES string of the molecule is CCOc1ccc(N2C(=O)NC(=O)/C(=C\c3cc(Cl)ccc3OCC(=O)Nc3ccc(C)c(Cl)c3)C2=O)cc1. The first kappa shape index (κ1) is 27.7. The van der Waals surface area contributed by atoms with Crippen LogP contribution in [-0.2, 0) is 14.4 Å². The summed E-state index contributed by atoms with van der Waals surface area (Å²) >= 11 is 12.3. The molecule has 0 radical (unpaired) electrons. The Morgan fingerprint density at radius 2 is 1.74 bits per heavy atom. The summed E-state index contributed by atoms with van der Waals surface area (Å²) in [6.45, 7) is 3.76. The molecule has 9 nitrogen and oxygen atoms in total. The molecular formula is C28H23Cl2N3O6. The lowest BCUT2D eigenvalue weighted by Gasteiger charge is -2.26. The second-order valence-electron chi connectivity index (χ2n) is 8.37. The maximum absolute atomic E-state index is 13.3. The summed E-state index contributed by atoms with van der Waals surface area (Å²) in [6.07, 6.45) is 1.25. The number of rotatable bonds is 8. The van der Waals surface area contributed by atoms with E-state index < -0.39 is 23.8 Å². The zero-order chi connectivity index (χ0) is 28.1. The van der Waals surface area contributed by atoms with Gasteiger partial charge in [-0.1, -0.05) is 29.3 Å². The van der Waals surface area contributed by atoms with Crippen LogP contribution in [0.25, 0.3) is 6.08 Å². The number of anilines is 2. The highest BCUT2D eigenvalue weighted by atomic mass is 35.5. The molecule has 39 heavy (non-hydrogen) atoms. The van der Waals surface area contributed by atoms with Crippen molar-refractivity contribution in [2.45, 2.75) is 13.8 Å². The largest absolute Gasteiger partial charge is 0.494 e. The molecule has 0 aromatic heterocycles. The maximum Gasteiger partial charge on any atom is 0.335 e. The van der Waals surface area contributed by atoms with Gasteiger partial charge in [-0.3, -0.25) is 19.7 Å². The highest BCUT2D eigenvalue weighted by Gasteiger charge is 2.37. The van der Waals surface area contributed by atoms with E-state index in [2.05, 4.69) is 10.6 Å². The number of ether oxygens (including phenoxy) is 2. The van der Waals surface area contributed by atoms with Crippen molar-refractivity contribution >= 4 is 64.4 Å². The molecule has 2 N–H and O–H groups in total. The van der Waals surface area contributed by atoms with Crippen LogP contribution in [0, 0.1) is 6.92 Å². The number of barbiturate groups is 1. The van der Waals surface area contributed by atoms with Crippen LogP contribution in [0.15, 0.2) is 66.2 Å². The van der Waals surface area contributed by atoms with Gasteiger partial charge >= 0.3 is 6.03 Å². The van der Waals surface area contributed by atoms with E-state index in [4.69, 9.17) is 32.7 Å². The number of amides is 5. The number of hydrogen-bond donors (Lipinski definition) is 2. The molecule has 0 atom stereocenters. The zero-order valence-corrected chi connectivity index (χ0v) is 22.4. The summed E-state index contributed by atoms with van der Waals surface area (Å²) in [7, 11) is 0. The lowest BCUT2D eigenvalue weighted by atomic mass is 10.1. The van der Waals surface area contributed by atoms with Gasteiger partial charge in [-0.25, -0.2) is 9.69 Å². The van der Waals surface area contributed by atoms with Gasteiger partial charge in [-0.05, 0) is 80.1 Å². The number of imide groups is 2. The van der Waals surface area contributed by atoms with Crippen molar-refractivity contribution in [2.75, 3.05) is 23.4 Å². The highest BCUT2D eigenvalue weighted by Crippen LogP contribution is 2.29. The molecule has 0 saturated carbocycles. The molecule has 0 bridgehead atoms. The predicted octanol–water partition coefficient (Wildman–Crippen LogP) is 5.38. The fraction of sp³-hybridized carbons (Fsp3) is 0.143. The van der Waals surface area contributed by atoms with Crippen LogP contribution in [0.2, 0.25) is 10.0 Å². The molecule has 1 heterocycles. The quantitative estimate of drug-likeness (QED) is 0.279. The van der Waals surface area contributed by atoms with Crippen molar-refractivity contribution in [1.82, 2.24) is 5.32 Å². The first-order valence-corrected chi connectivity index (χ1v) is 12.5. The van der Waals surface area contributed by atoms with Crippen molar-refractivity contribution < 1.29 is 28.7 Å². The molecule has 11 heteroatoms. The molecule has 0 aliphatic carbocycles. The van der Waals surface area contributed by atoms with Crippen LogP contribution in [-0.4, -0.2) is 37.0 Å². The molecule has 3 aromatic carbocycles.